The molecule has 1 aliphatic rings. The molecule has 0 aromatic carbocycles. The summed E-state index contributed by atoms with van der Waals surface area (Å²) in [6.07, 6.45) is 5.72. The molecule has 1 atom stereocenters. The van der Waals surface area contributed by atoms with Gasteiger partial charge in [-0.3, -0.25) is 0 Å². The van der Waals surface area contributed by atoms with Gasteiger partial charge in [0.2, 0.25) is 0 Å². The van der Waals surface area contributed by atoms with E-state index in [-0.39, 0.29) is 0 Å². The number of nitrogens with zero attached hydrogens (tertiary/aromatic N) is 3. The second kappa shape index (κ2) is 4.75. The molecule has 1 aromatic rings. The molecule has 2 N–H and O–H groups in total. The Morgan fingerprint density at radius 1 is 1.40 bits per heavy atom. The zero-order valence-corrected chi connectivity index (χ0v) is 9.45. The first-order chi connectivity index (χ1) is 7.35. The van der Waals surface area contributed by atoms with E-state index in [1.807, 2.05) is 0 Å². The number of hydrogen-bond acceptors (Lipinski definition) is 3. The smallest absolute Gasteiger partial charge is 0.133 e. The maximum Gasteiger partial charge on any atom is 0.133 e. The lowest BCUT2D eigenvalue weighted by Crippen LogP contribution is -2.20. The number of hydrogen-bond donors (Lipinski definition) is 1. The van der Waals surface area contributed by atoms with Gasteiger partial charge in [-0.15, -0.1) is 10.2 Å². The molecular formula is C11H20N4. The van der Waals surface area contributed by atoms with E-state index >= 15 is 0 Å². The van der Waals surface area contributed by atoms with Crippen molar-refractivity contribution in [3.8, 4) is 0 Å². The van der Waals surface area contributed by atoms with E-state index in [0.717, 1.165) is 38.2 Å². The van der Waals surface area contributed by atoms with Crippen molar-refractivity contribution in [3.05, 3.63) is 11.6 Å². The summed E-state index contributed by atoms with van der Waals surface area (Å²) in [7, 11) is 0. The van der Waals surface area contributed by atoms with Gasteiger partial charge in [0.15, 0.2) is 0 Å². The van der Waals surface area contributed by atoms with Crippen LogP contribution in [0.5, 0.6) is 0 Å². The number of fused-ring (bicyclic) bond motifs is 1. The molecule has 1 aliphatic heterocycles. The first kappa shape index (κ1) is 10.6. The van der Waals surface area contributed by atoms with Crippen LogP contribution in [0.3, 0.4) is 0 Å². The van der Waals surface area contributed by atoms with E-state index in [0.29, 0.717) is 5.92 Å². The second-order valence-electron chi connectivity index (χ2n) is 4.36. The second-order valence-corrected chi connectivity index (χ2v) is 4.36. The SMILES string of the molecule is CCC(CN)Cc1nnc2n1CCCC2. The highest BCUT2D eigenvalue weighted by atomic mass is 15.3. The van der Waals surface area contributed by atoms with Crippen molar-refractivity contribution >= 4 is 0 Å². The van der Waals surface area contributed by atoms with Crippen molar-refractivity contribution in [2.24, 2.45) is 11.7 Å². The van der Waals surface area contributed by atoms with Crippen molar-refractivity contribution in [3.63, 3.8) is 0 Å². The van der Waals surface area contributed by atoms with E-state index in [1.54, 1.807) is 0 Å². The first-order valence-electron chi connectivity index (χ1n) is 5.96. The molecule has 84 valence electrons. The molecule has 2 rings (SSSR count). The summed E-state index contributed by atoms with van der Waals surface area (Å²) >= 11 is 0. The fraction of sp³-hybridized carbons (Fsp3) is 0.818. The summed E-state index contributed by atoms with van der Waals surface area (Å²) in [5, 5.41) is 8.54. The minimum absolute atomic E-state index is 0.556. The monoisotopic (exact) mass is 208 g/mol. The Morgan fingerprint density at radius 3 is 3.00 bits per heavy atom. The van der Waals surface area contributed by atoms with Crippen molar-refractivity contribution in [1.29, 1.82) is 0 Å². The molecule has 0 fully saturated rings. The number of aromatic nitrogens is 3. The van der Waals surface area contributed by atoms with E-state index in [4.69, 9.17) is 5.73 Å². The first-order valence-corrected chi connectivity index (χ1v) is 5.96. The molecule has 0 aliphatic carbocycles. The van der Waals surface area contributed by atoms with E-state index in [2.05, 4.69) is 21.7 Å². The lowest BCUT2D eigenvalue weighted by molar-refractivity contribution is 0.462. The predicted molar refractivity (Wildman–Crippen MR) is 59.5 cm³/mol. The summed E-state index contributed by atoms with van der Waals surface area (Å²) < 4.78 is 2.29. The van der Waals surface area contributed by atoms with Crippen molar-refractivity contribution in [2.75, 3.05) is 6.54 Å². The average Bonchev–Trinajstić information content (AvgIpc) is 2.69. The lowest BCUT2D eigenvalue weighted by atomic mass is 10.0. The van der Waals surface area contributed by atoms with Crippen LogP contribution in [0.25, 0.3) is 0 Å². The molecule has 4 heteroatoms. The van der Waals surface area contributed by atoms with Gasteiger partial charge in [-0.1, -0.05) is 13.3 Å². The van der Waals surface area contributed by atoms with Crippen molar-refractivity contribution in [1.82, 2.24) is 14.8 Å². The van der Waals surface area contributed by atoms with Crippen LogP contribution in [-0.4, -0.2) is 21.3 Å². The molecule has 0 spiro atoms. The van der Waals surface area contributed by atoms with Crippen molar-refractivity contribution < 1.29 is 0 Å². The molecular weight excluding hydrogens is 188 g/mol. The van der Waals surface area contributed by atoms with Gasteiger partial charge in [0, 0.05) is 19.4 Å². The highest BCUT2D eigenvalue weighted by Crippen LogP contribution is 2.17. The lowest BCUT2D eigenvalue weighted by Gasteiger charge is -2.17. The van der Waals surface area contributed by atoms with Crippen LogP contribution in [0.2, 0.25) is 0 Å². The predicted octanol–water partition coefficient (Wildman–Crippen LogP) is 1.14. The van der Waals surface area contributed by atoms with Gasteiger partial charge in [0.05, 0.1) is 0 Å². The highest BCUT2D eigenvalue weighted by Gasteiger charge is 2.17. The zero-order valence-electron chi connectivity index (χ0n) is 9.45. The van der Waals surface area contributed by atoms with Gasteiger partial charge in [0.1, 0.15) is 11.6 Å². The molecule has 0 radical (unpaired) electrons. The number of nitrogens with two attached hydrogens (primary N) is 1. The number of aryl methyl sites for hydroxylation is 1. The summed E-state index contributed by atoms with van der Waals surface area (Å²) in [4.78, 5) is 0. The minimum Gasteiger partial charge on any atom is -0.330 e. The normalized spacial score (nSPS) is 17.5. The molecule has 0 saturated carbocycles. The van der Waals surface area contributed by atoms with Crippen LogP contribution in [0.15, 0.2) is 0 Å². The topological polar surface area (TPSA) is 56.7 Å². The van der Waals surface area contributed by atoms with Gasteiger partial charge in [0.25, 0.3) is 0 Å². The molecule has 0 amide bonds. The molecule has 0 bridgehead atoms. The van der Waals surface area contributed by atoms with Crippen LogP contribution in [0.4, 0.5) is 0 Å². The fourth-order valence-electron chi connectivity index (χ4n) is 2.17. The van der Waals surface area contributed by atoms with E-state index in [1.165, 1.54) is 18.7 Å². The zero-order chi connectivity index (χ0) is 10.7. The Hall–Kier alpha value is -0.900. The summed E-state index contributed by atoms with van der Waals surface area (Å²) in [6, 6.07) is 0. The number of rotatable bonds is 4. The largest absolute Gasteiger partial charge is 0.330 e. The van der Waals surface area contributed by atoms with E-state index < -0.39 is 0 Å². The van der Waals surface area contributed by atoms with Gasteiger partial charge >= 0.3 is 0 Å². The quantitative estimate of drug-likeness (QED) is 0.807. The average molecular weight is 208 g/mol. The van der Waals surface area contributed by atoms with Crippen LogP contribution < -0.4 is 5.73 Å². The van der Waals surface area contributed by atoms with E-state index in [9.17, 15) is 0 Å². The maximum atomic E-state index is 5.72. The third-order valence-electron chi connectivity index (χ3n) is 3.32. The molecule has 15 heavy (non-hydrogen) atoms. The third-order valence-corrected chi connectivity index (χ3v) is 3.32. The Morgan fingerprint density at radius 2 is 2.27 bits per heavy atom. The minimum atomic E-state index is 0.556. The Bertz CT molecular complexity index is 314. The molecule has 1 unspecified atom stereocenters. The third kappa shape index (κ3) is 2.20. The molecule has 2 heterocycles. The Kier molecular flexibility index (Phi) is 3.36. The van der Waals surface area contributed by atoms with Crippen LogP contribution >= 0.6 is 0 Å². The summed E-state index contributed by atoms with van der Waals surface area (Å²) in [6.45, 7) is 4.03. The summed E-state index contributed by atoms with van der Waals surface area (Å²) in [5.74, 6) is 2.87. The maximum absolute atomic E-state index is 5.72. The van der Waals surface area contributed by atoms with Gasteiger partial charge in [-0.05, 0) is 25.3 Å². The van der Waals surface area contributed by atoms with Crippen LogP contribution in [0.1, 0.15) is 37.8 Å². The standard InChI is InChI=1S/C11H20N4/c1-2-9(8-12)7-11-14-13-10-5-3-4-6-15(10)11/h9H,2-8,12H2,1H3. The van der Waals surface area contributed by atoms with Crippen molar-refractivity contribution in [2.45, 2.75) is 45.6 Å². The van der Waals surface area contributed by atoms with Gasteiger partial charge in [-0.2, -0.15) is 0 Å². The Balaban J connectivity index is 2.11. The van der Waals surface area contributed by atoms with Crippen LogP contribution in [-0.2, 0) is 19.4 Å². The molecule has 1 aromatic heterocycles. The van der Waals surface area contributed by atoms with Crippen LogP contribution in [0, 0.1) is 5.92 Å². The van der Waals surface area contributed by atoms with Gasteiger partial charge in [-0.25, -0.2) is 0 Å². The Labute approximate surface area is 90.9 Å². The molecule has 4 nitrogen and oxygen atoms in total. The molecule has 0 saturated heterocycles. The summed E-state index contributed by atoms with van der Waals surface area (Å²) in [5.41, 5.74) is 5.72. The fourth-order valence-corrected chi connectivity index (χ4v) is 2.17. The highest BCUT2D eigenvalue weighted by molar-refractivity contribution is 4.99. The van der Waals surface area contributed by atoms with Gasteiger partial charge < -0.3 is 10.3 Å².